The average Bonchev–Trinajstić information content (AvgIpc) is 2.96. The van der Waals surface area contributed by atoms with Gasteiger partial charge in [0, 0.05) is 18.1 Å². The van der Waals surface area contributed by atoms with E-state index in [-0.39, 0.29) is 0 Å². The van der Waals surface area contributed by atoms with Crippen molar-refractivity contribution in [2.24, 2.45) is 0 Å². The van der Waals surface area contributed by atoms with Gasteiger partial charge in [0.05, 0.1) is 5.69 Å². The highest BCUT2D eigenvalue weighted by Gasteiger charge is 2.26. The van der Waals surface area contributed by atoms with Crippen LogP contribution < -0.4 is 0 Å². The van der Waals surface area contributed by atoms with Gasteiger partial charge in [0.1, 0.15) is 0 Å². The number of rotatable bonds is 2. The van der Waals surface area contributed by atoms with E-state index in [9.17, 15) is 0 Å². The van der Waals surface area contributed by atoms with Crippen molar-refractivity contribution in [1.29, 1.82) is 0 Å². The molecule has 2 aromatic rings. The predicted molar refractivity (Wildman–Crippen MR) is 63.8 cm³/mol. The highest BCUT2D eigenvalue weighted by Crippen LogP contribution is 2.41. The Morgan fingerprint density at radius 2 is 2.12 bits per heavy atom. The zero-order chi connectivity index (χ0) is 11.3. The molecule has 0 amide bonds. The molecule has 1 fully saturated rings. The molecular formula is C13H17N3. The van der Waals surface area contributed by atoms with Crippen molar-refractivity contribution in [2.45, 2.75) is 45.4 Å². The predicted octanol–water partition coefficient (Wildman–Crippen LogP) is 3.04. The van der Waals surface area contributed by atoms with Crippen LogP contribution in [0.25, 0.3) is 5.78 Å². The summed E-state index contributed by atoms with van der Waals surface area (Å²) in [5.74, 6) is 2.05. The molecule has 16 heavy (non-hydrogen) atoms. The number of imidazole rings is 1. The lowest BCUT2D eigenvalue weighted by Crippen LogP contribution is -1.98. The van der Waals surface area contributed by atoms with Gasteiger partial charge in [-0.05, 0) is 37.2 Å². The second-order valence-electron chi connectivity index (χ2n) is 5.06. The molecule has 1 saturated carbocycles. The SMILES string of the molecule is Cc1c(C2CC2)cnc2nc(C(C)C)cn12. The number of fused-ring (bicyclic) bond motifs is 1. The van der Waals surface area contributed by atoms with Gasteiger partial charge >= 0.3 is 0 Å². The van der Waals surface area contributed by atoms with Crippen LogP contribution in [0.3, 0.4) is 0 Å². The lowest BCUT2D eigenvalue weighted by atomic mass is 10.1. The van der Waals surface area contributed by atoms with Crippen molar-refractivity contribution in [3.8, 4) is 0 Å². The number of hydrogen-bond acceptors (Lipinski definition) is 2. The summed E-state index contributed by atoms with van der Waals surface area (Å²) < 4.78 is 2.14. The molecule has 3 rings (SSSR count). The van der Waals surface area contributed by atoms with Crippen LogP contribution in [-0.4, -0.2) is 14.4 Å². The van der Waals surface area contributed by atoms with Crippen molar-refractivity contribution >= 4 is 5.78 Å². The van der Waals surface area contributed by atoms with Gasteiger partial charge in [-0.2, -0.15) is 0 Å². The van der Waals surface area contributed by atoms with Crippen LogP contribution in [0.2, 0.25) is 0 Å². The Morgan fingerprint density at radius 1 is 1.38 bits per heavy atom. The van der Waals surface area contributed by atoms with Crippen LogP contribution >= 0.6 is 0 Å². The Kier molecular flexibility index (Phi) is 2.03. The zero-order valence-electron chi connectivity index (χ0n) is 10.1. The van der Waals surface area contributed by atoms with Crippen molar-refractivity contribution < 1.29 is 0 Å². The quantitative estimate of drug-likeness (QED) is 0.770. The van der Waals surface area contributed by atoms with E-state index >= 15 is 0 Å². The molecule has 1 aliphatic rings. The molecule has 2 heterocycles. The molecule has 0 radical (unpaired) electrons. The highest BCUT2D eigenvalue weighted by molar-refractivity contribution is 5.38. The summed E-state index contributed by atoms with van der Waals surface area (Å²) >= 11 is 0. The fraction of sp³-hybridized carbons (Fsp3) is 0.538. The Labute approximate surface area is 95.5 Å². The summed E-state index contributed by atoms with van der Waals surface area (Å²) in [6.07, 6.45) is 6.78. The van der Waals surface area contributed by atoms with Crippen molar-refractivity contribution in [3.63, 3.8) is 0 Å². The first-order valence-electron chi connectivity index (χ1n) is 6.01. The smallest absolute Gasteiger partial charge is 0.234 e. The Balaban J connectivity index is 2.18. The third-order valence-electron chi connectivity index (χ3n) is 3.41. The monoisotopic (exact) mass is 215 g/mol. The van der Waals surface area contributed by atoms with E-state index in [1.165, 1.54) is 24.1 Å². The van der Waals surface area contributed by atoms with E-state index in [1.807, 2.05) is 6.20 Å². The molecule has 0 N–H and O–H groups in total. The molecule has 0 aromatic carbocycles. The second kappa shape index (κ2) is 3.30. The second-order valence-corrected chi connectivity index (χ2v) is 5.06. The van der Waals surface area contributed by atoms with E-state index in [4.69, 9.17) is 0 Å². The van der Waals surface area contributed by atoms with Gasteiger partial charge in [0.2, 0.25) is 5.78 Å². The zero-order valence-corrected chi connectivity index (χ0v) is 10.1. The van der Waals surface area contributed by atoms with Gasteiger partial charge in [-0.3, -0.25) is 4.40 Å². The first-order chi connectivity index (χ1) is 7.66. The van der Waals surface area contributed by atoms with Gasteiger partial charge in [-0.15, -0.1) is 0 Å². The molecule has 0 atom stereocenters. The van der Waals surface area contributed by atoms with E-state index in [0.29, 0.717) is 5.92 Å². The number of aryl methyl sites for hydroxylation is 1. The fourth-order valence-electron chi connectivity index (χ4n) is 2.16. The molecule has 0 aliphatic heterocycles. The minimum Gasteiger partial charge on any atom is -0.288 e. The standard InChI is InChI=1S/C13H17N3/c1-8(2)12-7-16-9(3)11(10-4-5-10)6-14-13(16)15-12/h6-8,10H,4-5H2,1-3H3. The van der Waals surface area contributed by atoms with Crippen molar-refractivity contribution in [1.82, 2.24) is 14.4 Å². The Hall–Kier alpha value is -1.38. The van der Waals surface area contributed by atoms with Crippen LogP contribution in [-0.2, 0) is 0 Å². The van der Waals surface area contributed by atoms with E-state index in [0.717, 1.165) is 17.4 Å². The highest BCUT2D eigenvalue weighted by atomic mass is 15.1. The molecule has 0 spiro atoms. The normalized spacial score (nSPS) is 16.2. The molecule has 84 valence electrons. The van der Waals surface area contributed by atoms with Gasteiger partial charge in [0.15, 0.2) is 0 Å². The average molecular weight is 215 g/mol. The Bertz CT molecular complexity index is 535. The third-order valence-corrected chi connectivity index (χ3v) is 3.41. The molecule has 0 saturated heterocycles. The van der Waals surface area contributed by atoms with Crippen LogP contribution in [0, 0.1) is 6.92 Å². The van der Waals surface area contributed by atoms with Crippen LogP contribution in [0.1, 0.15) is 55.5 Å². The summed E-state index contributed by atoms with van der Waals surface area (Å²) in [6, 6.07) is 0. The van der Waals surface area contributed by atoms with Crippen molar-refractivity contribution in [2.75, 3.05) is 0 Å². The molecule has 3 heteroatoms. The van der Waals surface area contributed by atoms with E-state index in [1.54, 1.807) is 0 Å². The molecule has 3 nitrogen and oxygen atoms in total. The minimum absolute atomic E-state index is 0.463. The Morgan fingerprint density at radius 3 is 2.75 bits per heavy atom. The van der Waals surface area contributed by atoms with Gasteiger partial charge < -0.3 is 0 Å². The number of hydrogen-bond donors (Lipinski definition) is 0. The van der Waals surface area contributed by atoms with Crippen LogP contribution in [0.15, 0.2) is 12.4 Å². The van der Waals surface area contributed by atoms with Gasteiger partial charge in [0.25, 0.3) is 0 Å². The topological polar surface area (TPSA) is 30.2 Å². The molecule has 0 unspecified atom stereocenters. The molecular weight excluding hydrogens is 198 g/mol. The van der Waals surface area contributed by atoms with E-state index < -0.39 is 0 Å². The maximum atomic E-state index is 4.55. The summed E-state index contributed by atoms with van der Waals surface area (Å²) in [5.41, 5.74) is 3.84. The number of aromatic nitrogens is 3. The molecule has 2 aromatic heterocycles. The number of nitrogens with zero attached hydrogens (tertiary/aromatic N) is 3. The van der Waals surface area contributed by atoms with E-state index in [2.05, 4.69) is 41.3 Å². The van der Waals surface area contributed by atoms with Crippen molar-refractivity contribution in [3.05, 3.63) is 29.3 Å². The third kappa shape index (κ3) is 1.42. The molecule has 0 bridgehead atoms. The fourth-order valence-corrected chi connectivity index (χ4v) is 2.16. The lowest BCUT2D eigenvalue weighted by Gasteiger charge is -2.05. The first-order valence-corrected chi connectivity index (χ1v) is 6.01. The summed E-state index contributed by atoms with van der Waals surface area (Å²) in [6.45, 7) is 6.51. The van der Waals surface area contributed by atoms with Gasteiger partial charge in [-0.1, -0.05) is 13.8 Å². The maximum Gasteiger partial charge on any atom is 0.234 e. The van der Waals surface area contributed by atoms with Crippen LogP contribution in [0.4, 0.5) is 0 Å². The summed E-state index contributed by atoms with van der Waals surface area (Å²) in [5, 5.41) is 0. The largest absolute Gasteiger partial charge is 0.288 e. The first kappa shape index (κ1) is 9.82. The summed E-state index contributed by atoms with van der Waals surface area (Å²) in [4.78, 5) is 9.00. The summed E-state index contributed by atoms with van der Waals surface area (Å²) in [7, 11) is 0. The van der Waals surface area contributed by atoms with Crippen LogP contribution in [0.5, 0.6) is 0 Å². The van der Waals surface area contributed by atoms with Gasteiger partial charge in [-0.25, -0.2) is 9.97 Å². The molecule has 1 aliphatic carbocycles. The lowest BCUT2D eigenvalue weighted by molar-refractivity contribution is 0.833. The minimum atomic E-state index is 0.463. The maximum absolute atomic E-state index is 4.55.